The van der Waals surface area contributed by atoms with Gasteiger partial charge in [-0.25, -0.2) is 0 Å². The summed E-state index contributed by atoms with van der Waals surface area (Å²) < 4.78 is 0. The number of aliphatic hydroxyl groups is 1. The first-order valence-electron chi connectivity index (χ1n) is 5.47. The zero-order chi connectivity index (χ0) is 10.3. The molecule has 0 bridgehead atoms. The third kappa shape index (κ3) is 1.24. The summed E-state index contributed by atoms with van der Waals surface area (Å²) in [6.45, 7) is 4.08. The Morgan fingerprint density at radius 2 is 2.29 bits per heavy atom. The zero-order valence-electron chi connectivity index (χ0n) is 8.92. The van der Waals surface area contributed by atoms with E-state index in [1.54, 1.807) is 0 Å². The predicted molar refractivity (Wildman–Crippen MR) is 54.8 cm³/mol. The molecule has 14 heavy (non-hydrogen) atoms. The van der Waals surface area contributed by atoms with Gasteiger partial charge in [0.2, 0.25) is 0 Å². The van der Waals surface area contributed by atoms with Crippen molar-refractivity contribution in [1.82, 2.24) is 0 Å². The van der Waals surface area contributed by atoms with Gasteiger partial charge in [-0.05, 0) is 19.3 Å². The molecule has 2 aliphatic carbocycles. The van der Waals surface area contributed by atoms with Crippen LogP contribution in [0.2, 0.25) is 0 Å². The van der Waals surface area contributed by atoms with Gasteiger partial charge < -0.3 is 5.11 Å². The number of hydrogen-bond donors (Lipinski definition) is 1. The van der Waals surface area contributed by atoms with Crippen LogP contribution in [0.5, 0.6) is 0 Å². The fourth-order valence-corrected chi connectivity index (χ4v) is 2.90. The lowest BCUT2D eigenvalue weighted by atomic mass is 9.61. The summed E-state index contributed by atoms with van der Waals surface area (Å²) >= 11 is 0. The molecule has 0 aliphatic heterocycles. The lowest BCUT2D eigenvalue weighted by molar-refractivity contribution is -0.125. The summed E-state index contributed by atoms with van der Waals surface area (Å²) in [6, 6.07) is 0. The molecule has 2 nitrogen and oxygen atoms in total. The molecule has 0 aromatic heterocycles. The summed E-state index contributed by atoms with van der Waals surface area (Å²) in [5.74, 6) is 0.367. The maximum absolute atomic E-state index is 11.6. The summed E-state index contributed by atoms with van der Waals surface area (Å²) in [4.78, 5) is 11.6. The van der Waals surface area contributed by atoms with Crippen LogP contribution in [0.3, 0.4) is 0 Å². The lowest BCUT2D eigenvalue weighted by Gasteiger charge is -2.45. The molecular weight excluding hydrogens is 176 g/mol. The van der Waals surface area contributed by atoms with E-state index in [9.17, 15) is 9.90 Å². The number of rotatable bonds is 0. The molecule has 3 unspecified atom stereocenters. The number of Topliss-reactive ketones (excluding diaryl/α,β-unsaturated/α-hetero) is 1. The SMILES string of the molecule is CC1C(=O)CCC2(C)C1=CCCC2O. The number of ketones is 1. The summed E-state index contributed by atoms with van der Waals surface area (Å²) in [7, 11) is 0. The Balaban J connectivity index is 2.37. The van der Waals surface area contributed by atoms with Crippen LogP contribution in [0.15, 0.2) is 11.6 Å². The van der Waals surface area contributed by atoms with Crippen LogP contribution in [-0.2, 0) is 4.79 Å². The van der Waals surface area contributed by atoms with Crippen LogP contribution in [0, 0.1) is 11.3 Å². The Hall–Kier alpha value is -0.630. The van der Waals surface area contributed by atoms with Crippen molar-refractivity contribution in [3.05, 3.63) is 11.6 Å². The molecule has 0 aromatic rings. The molecule has 0 amide bonds. The van der Waals surface area contributed by atoms with E-state index in [1.165, 1.54) is 5.57 Å². The van der Waals surface area contributed by atoms with Crippen molar-refractivity contribution >= 4 is 5.78 Å². The number of allylic oxidation sites excluding steroid dienone is 1. The first kappa shape index (κ1) is 9.91. The highest BCUT2D eigenvalue weighted by atomic mass is 16.3. The standard InChI is InChI=1S/C12H18O2/c1-8-9-4-3-5-11(14)12(9,2)7-6-10(8)13/h4,8,11,14H,3,5-7H2,1-2H3. The highest BCUT2D eigenvalue weighted by molar-refractivity contribution is 5.85. The van der Waals surface area contributed by atoms with Gasteiger partial charge in [0.05, 0.1) is 6.10 Å². The lowest BCUT2D eigenvalue weighted by Crippen LogP contribution is -2.43. The largest absolute Gasteiger partial charge is 0.392 e. The maximum atomic E-state index is 11.6. The second kappa shape index (κ2) is 3.20. The van der Waals surface area contributed by atoms with E-state index < -0.39 is 0 Å². The second-order valence-electron chi connectivity index (χ2n) is 4.86. The molecule has 0 heterocycles. The van der Waals surface area contributed by atoms with Crippen molar-refractivity contribution < 1.29 is 9.90 Å². The van der Waals surface area contributed by atoms with E-state index in [-0.39, 0.29) is 17.4 Å². The predicted octanol–water partition coefficient (Wildman–Crippen LogP) is 2.07. The molecule has 1 saturated carbocycles. The van der Waals surface area contributed by atoms with Crippen molar-refractivity contribution in [2.45, 2.75) is 45.6 Å². The van der Waals surface area contributed by atoms with Crippen LogP contribution in [-0.4, -0.2) is 17.0 Å². The van der Waals surface area contributed by atoms with Crippen molar-refractivity contribution in [1.29, 1.82) is 0 Å². The topological polar surface area (TPSA) is 37.3 Å². The normalized spacial score (nSPS) is 43.1. The quantitative estimate of drug-likeness (QED) is 0.599. The van der Waals surface area contributed by atoms with E-state index in [4.69, 9.17) is 0 Å². The van der Waals surface area contributed by atoms with Gasteiger partial charge in [0.1, 0.15) is 5.78 Å². The second-order valence-corrected chi connectivity index (χ2v) is 4.86. The van der Waals surface area contributed by atoms with E-state index in [1.807, 2.05) is 6.92 Å². The smallest absolute Gasteiger partial charge is 0.139 e. The Bertz CT molecular complexity index is 293. The van der Waals surface area contributed by atoms with Crippen LogP contribution in [0.1, 0.15) is 39.5 Å². The van der Waals surface area contributed by atoms with Crippen LogP contribution in [0.4, 0.5) is 0 Å². The fraction of sp³-hybridized carbons (Fsp3) is 0.750. The van der Waals surface area contributed by atoms with E-state index in [2.05, 4.69) is 13.0 Å². The summed E-state index contributed by atoms with van der Waals surface area (Å²) in [5.41, 5.74) is 1.07. The molecule has 0 saturated heterocycles. The minimum atomic E-state index is -0.252. The highest BCUT2D eigenvalue weighted by Gasteiger charge is 2.45. The molecule has 0 aromatic carbocycles. The van der Waals surface area contributed by atoms with Crippen LogP contribution < -0.4 is 0 Å². The van der Waals surface area contributed by atoms with Gasteiger partial charge in [0.15, 0.2) is 0 Å². The number of fused-ring (bicyclic) bond motifs is 1. The Labute approximate surface area is 85.0 Å². The van der Waals surface area contributed by atoms with Gasteiger partial charge in [-0.1, -0.05) is 25.5 Å². The van der Waals surface area contributed by atoms with Crippen LogP contribution in [0.25, 0.3) is 0 Å². The van der Waals surface area contributed by atoms with Gasteiger partial charge in [-0.3, -0.25) is 4.79 Å². The molecule has 3 atom stereocenters. The van der Waals surface area contributed by atoms with Crippen molar-refractivity contribution in [2.24, 2.45) is 11.3 Å². The Morgan fingerprint density at radius 3 is 3.00 bits per heavy atom. The molecule has 1 fully saturated rings. The first-order chi connectivity index (χ1) is 6.55. The van der Waals surface area contributed by atoms with Gasteiger partial charge in [0.25, 0.3) is 0 Å². The van der Waals surface area contributed by atoms with E-state index in [0.717, 1.165) is 19.3 Å². The minimum absolute atomic E-state index is 0.0312. The minimum Gasteiger partial charge on any atom is -0.392 e. The number of carbonyl (C=O) groups excluding carboxylic acids is 1. The summed E-state index contributed by atoms with van der Waals surface area (Å²) in [5, 5.41) is 10.0. The summed E-state index contributed by atoms with van der Waals surface area (Å²) in [6.07, 6.45) is 5.15. The highest BCUT2D eigenvalue weighted by Crippen LogP contribution is 2.48. The number of carbonyl (C=O) groups is 1. The fourth-order valence-electron chi connectivity index (χ4n) is 2.90. The first-order valence-corrected chi connectivity index (χ1v) is 5.47. The van der Waals surface area contributed by atoms with Gasteiger partial charge in [-0.15, -0.1) is 0 Å². The van der Waals surface area contributed by atoms with Crippen molar-refractivity contribution in [3.63, 3.8) is 0 Å². The third-order valence-corrected chi connectivity index (χ3v) is 4.04. The van der Waals surface area contributed by atoms with Crippen LogP contribution >= 0.6 is 0 Å². The Morgan fingerprint density at radius 1 is 1.57 bits per heavy atom. The molecule has 2 aliphatic rings. The molecule has 2 heteroatoms. The van der Waals surface area contributed by atoms with Gasteiger partial charge in [-0.2, -0.15) is 0 Å². The van der Waals surface area contributed by atoms with Crippen molar-refractivity contribution in [2.75, 3.05) is 0 Å². The molecule has 1 N–H and O–H groups in total. The third-order valence-electron chi connectivity index (χ3n) is 4.04. The number of aliphatic hydroxyl groups excluding tert-OH is 1. The average Bonchev–Trinajstić information content (AvgIpc) is 2.16. The van der Waals surface area contributed by atoms with E-state index in [0.29, 0.717) is 12.2 Å². The molecule has 2 rings (SSSR count). The maximum Gasteiger partial charge on any atom is 0.139 e. The molecule has 78 valence electrons. The monoisotopic (exact) mass is 194 g/mol. The van der Waals surface area contributed by atoms with E-state index >= 15 is 0 Å². The van der Waals surface area contributed by atoms with Gasteiger partial charge >= 0.3 is 0 Å². The number of hydrogen-bond acceptors (Lipinski definition) is 2. The molecular formula is C12H18O2. The average molecular weight is 194 g/mol. The zero-order valence-corrected chi connectivity index (χ0v) is 8.92. The van der Waals surface area contributed by atoms with Crippen molar-refractivity contribution in [3.8, 4) is 0 Å². The Kier molecular flexibility index (Phi) is 2.26. The molecule has 0 radical (unpaired) electrons. The molecule has 0 spiro atoms. The van der Waals surface area contributed by atoms with Gasteiger partial charge in [0, 0.05) is 17.8 Å².